The molecule has 0 amide bonds. The maximum absolute atomic E-state index is 11.7. The molecule has 0 aromatic heterocycles. The summed E-state index contributed by atoms with van der Waals surface area (Å²) in [4.78, 5) is 11.7. The molecule has 0 saturated carbocycles. The Labute approximate surface area is 83.9 Å². The van der Waals surface area contributed by atoms with Crippen molar-refractivity contribution in [2.75, 3.05) is 7.11 Å². The Morgan fingerprint density at radius 2 is 2.07 bits per heavy atom. The molecule has 0 spiro atoms. The van der Waals surface area contributed by atoms with E-state index in [-0.39, 0.29) is 5.78 Å². The topological polar surface area (TPSA) is 26.3 Å². The highest BCUT2D eigenvalue weighted by Crippen LogP contribution is 2.31. The Hall–Kier alpha value is -1.31. The Morgan fingerprint density at radius 3 is 2.79 bits per heavy atom. The van der Waals surface area contributed by atoms with Crippen LogP contribution in [-0.4, -0.2) is 12.9 Å². The highest BCUT2D eigenvalue weighted by Gasteiger charge is 2.21. The number of methoxy groups -OCH3 is 1. The summed E-state index contributed by atoms with van der Waals surface area (Å²) in [5, 5.41) is 0. The van der Waals surface area contributed by atoms with Gasteiger partial charge in [-0.2, -0.15) is 0 Å². The van der Waals surface area contributed by atoms with Gasteiger partial charge in [-0.1, -0.05) is 6.07 Å². The molecule has 1 aromatic carbocycles. The van der Waals surface area contributed by atoms with Crippen molar-refractivity contribution in [3.8, 4) is 5.75 Å². The average molecular weight is 190 g/mol. The van der Waals surface area contributed by atoms with Crippen LogP contribution in [0.4, 0.5) is 0 Å². The van der Waals surface area contributed by atoms with Gasteiger partial charge >= 0.3 is 0 Å². The predicted octanol–water partition coefficient (Wildman–Crippen LogP) is 2.52. The zero-order chi connectivity index (χ0) is 10.1. The van der Waals surface area contributed by atoms with E-state index in [0.29, 0.717) is 6.42 Å². The number of fused-ring (bicyclic) bond motifs is 1. The summed E-state index contributed by atoms with van der Waals surface area (Å²) in [6, 6.07) is 3.91. The van der Waals surface area contributed by atoms with Crippen LogP contribution >= 0.6 is 0 Å². The van der Waals surface area contributed by atoms with Crippen molar-refractivity contribution in [1.82, 2.24) is 0 Å². The molecule has 0 N–H and O–H groups in total. The van der Waals surface area contributed by atoms with E-state index in [1.54, 1.807) is 7.11 Å². The van der Waals surface area contributed by atoms with Gasteiger partial charge in [0.2, 0.25) is 0 Å². The third-order valence-corrected chi connectivity index (χ3v) is 2.81. The third kappa shape index (κ3) is 1.31. The van der Waals surface area contributed by atoms with Gasteiger partial charge in [0.05, 0.1) is 7.11 Å². The van der Waals surface area contributed by atoms with E-state index in [1.807, 2.05) is 19.1 Å². The van der Waals surface area contributed by atoms with Gasteiger partial charge in [-0.25, -0.2) is 0 Å². The van der Waals surface area contributed by atoms with Crippen LogP contribution in [0.1, 0.15) is 34.3 Å². The number of carbonyl (C=O) groups is 1. The fourth-order valence-electron chi connectivity index (χ4n) is 2.12. The number of ketones is 1. The maximum atomic E-state index is 11.7. The Morgan fingerprint density at radius 1 is 1.29 bits per heavy atom. The number of hydrogen-bond donors (Lipinski definition) is 0. The van der Waals surface area contributed by atoms with Gasteiger partial charge in [-0.05, 0) is 31.4 Å². The fourth-order valence-corrected chi connectivity index (χ4v) is 2.12. The van der Waals surface area contributed by atoms with Crippen LogP contribution in [0, 0.1) is 6.92 Å². The van der Waals surface area contributed by atoms with Crippen molar-refractivity contribution in [3.05, 3.63) is 28.8 Å². The number of ether oxygens (including phenoxy) is 1. The molecule has 2 heteroatoms. The SMILES string of the molecule is COc1ccc(C)c2c1CCCC2=O. The summed E-state index contributed by atoms with van der Waals surface area (Å²) in [5.41, 5.74) is 3.07. The van der Waals surface area contributed by atoms with Crippen molar-refractivity contribution in [3.63, 3.8) is 0 Å². The number of carbonyl (C=O) groups excluding carboxylic acids is 1. The lowest BCUT2D eigenvalue weighted by molar-refractivity contribution is 0.0971. The van der Waals surface area contributed by atoms with E-state index >= 15 is 0 Å². The molecule has 0 saturated heterocycles. The third-order valence-electron chi connectivity index (χ3n) is 2.81. The van der Waals surface area contributed by atoms with Crippen LogP contribution in [-0.2, 0) is 6.42 Å². The molecule has 2 rings (SSSR count). The second-order valence-electron chi connectivity index (χ2n) is 3.72. The zero-order valence-electron chi connectivity index (χ0n) is 8.59. The Kier molecular flexibility index (Phi) is 2.28. The molecule has 1 aliphatic rings. The standard InChI is InChI=1S/C12H14O2/c1-8-6-7-11(14-2)9-4-3-5-10(13)12(8)9/h6-7H,3-5H2,1-2H3. The molecular weight excluding hydrogens is 176 g/mol. The zero-order valence-corrected chi connectivity index (χ0v) is 8.59. The van der Waals surface area contributed by atoms with E-state index in [2.05, 4.69) is 0 Å². The largest absolute Gasteiger partial charge is 0.496 e. The minimum absolute atomic E-state index is 0.266. The molecule has 14 heavy (non-hydrogen) atoms. The minimum Gasteiger partial charge on any atom is -0.496 e. The summed E-state index contributed by atoms with van der Waals surface area (Å²) >= 11 is 0. The van der Waals surface area contributed by atoms with Gasteiger partial charge < -0.3 is 4.74 Å². The van der Waals surface area contributed by atoms with Crippen LogP contribution in [0.2, 0.25) is 0 Å². The Bertz CT molecular complexity index is 380. The minimum atomic E-state index is 0.266. The molecule has 1 aliphatic carbocycles. The summed E-state index contributed by atoms with van der Waals surface area (Å²) in [6.07, 6.45) is 2.60. The van der Waals surface area contributed by atoms with Crippen molar-refractivity contribution in [2.45, 2.75) is 26.2 Å². The van der Waals surface area contributed by atoms with Gasteiger partial charge in [0.25, 0.3) is 0 Å². The molecule has 0 bridgehead atoms. The maximum Gasteiger partial charge on any atom is 0.163 e. The van der Waals surface area contributed by atoms with E-state index < -0.39 is 0 Å². The van der Waals surface area contributed by atoms with Gasteiger partial charge in [-0.3, -0.25) is 4.79 Å². The monoisotopic (exact) mass is 190 g/mol. The first-order valence-electron chi connectivity index (χ1n) is 4.93. The first-order chi connectivity index (χ1) is 6.74. The second kappa shape index (κ2) is 3.45. The van der Waals surface area contributed by atoms with E-state index in [9.17, 15) is 4.79 Å². The first-order valence-corrected chi connectivity index (χ1v) is 4.93. The van der Waals surface area contributed by atoms with Gasteiger partial charge in [0.15, 0.2) is 5.78 Å². The number of Topliss-reactive ketones (excluding diaryl/α,β-unsaturated/α-hetero) is 1. The molecule has 74 valence electrons. The molecule has 1 aromatic rings. The van der Waals surface area contributed by atoms with Gasteiger partial charge in [-0.15, -0.1) is 0 Å². The predicted molar refractivity (Wildman–Crippen MR) is 55.0 cm³/mol. The average Bonchev–Trinajstić information content (AvgIpc) is 2.18. The van der Waals surface area contributed by atoms with Crippen LogP contribution in [0.5, 0.6) is 5.75 Å². The quantitative estimate of drug-likeness (QED) is 0.680. The van der Waals surface area contributed by atoms with E-state index in [4.69, 9.17) is 4.74 Å². The lowest BCUT2D eigenvalue weighted by atomic mass is 9.87. The summed E-state index contributed by atoms with van der Waals surface area (Å²) < 4.78 is 5.26. The number of rotatable bonds is 1. The van der Waals surface area contributed by atoms with Crippen molar-refractivity contribution in [1.29, 1.82) is 0 Å². The van der Waals surface area contributed by atoms with Crippen LogP contribution in [0.25, 0.3) is 0 Å². The number of hydrogen-bond acceptors (Lipinski definition) is 2. The fraction of sp³-hybridized carbons (Fsp3) is 0.417. The second-order valence-corrected chi connectivity index (χ2v) is 3.72. The van der Waals surface area contributed by atoms with Crippen molar-refractivity contribution >= 4 is 5.78 Å². The molecule has 0 heterocycles. The summed E-state index contributed by atoms with van der Waals surface area (Å²) in [5.74, 6) is 1.13. The van der Waals surface area contributed by atoms with Crippen molar-refractivity contribution in [2.24, 2.45) is 0 Å². The highest BCUT2D eigenvalue weighted by molar-refractivity contribution is 6.00. The van der Waals surface area contributed by atoms with Crippen molar-refractivity contribution < 1.29 is 9.53 Å². The van der Waals surface area contributed by atoms with Crippen LogP contribution in [0.15, 0.2) is 12.1 Å². The van der Waals surface area contributed by atoms with Gasteiger partial charge in [0, 0.05) is 17.5 Å². The molecule has 0 unspecified atom stereocenters. The number of aryl methyl sites for hydroxylation is 1. The lowest BCUT2D eigenvalue weighted by Gasteiger charge is -2.19. The van der Waals surface area contributed by atoms with E-state index in [1.165, 1.54) is 0 Å². The Balaban J connectivity index is 2.63. The molecule has 0 radical (unpaired) electrons. The molecule has 0 aliphatic heterocycles. The first kappa shape index (κ1) is 9.25. The smallest absolute Gasteiger partial charge is 0.163 e. The normalized spacial score (nSPS) is 15.1. The highest BCUT2D eigenvalue weighted by atomic mass is 16.5. The lowest BCUT2D eigenvalue weighted by Crippen LogP contribution is -2.13. The van der Waals surface area contributed by atoms with Gasteiger partial charge in [0.1, 0.15) is 5.75 Å². The molecule has 0 fully saturated rings. The molecule has 0 atom stereocenters. The van der Waals surface area contributed by atoms with E-state index in [0.717, 1.165) is 35.3 Å². The number of benzene rings is 1. The van der Waals surface area contributed by atoms with Crippen LogP contribution in [0.3, 0.4) is 0 Å². The molecule has 2 nitrogen and oxygen atoms in total. The van der Waals surface area contributed by atoms with Crippen LogP contribution < -0.4 is 4.74 Å². The molecular formula is C12H14O2. The summed E-state index contributed by atoms with van der Waals surface area (Å²) in [7, 11) is 1.66. The summed E-state index contributed by atoms with van der Waals surface area (Å²) in [6.45, 7) is 1.99.